The molecule has 3 heteroatoms. The Hall–Kier alpha value is -1.35. The molecule has 1 amide bonds. The van der Waals surface area contributed by atoms with Crippen molar-refractivity contribution >= 4 is 5.91 Å². The maximum Gasteiger partial charge on any atom is 0.218 e. The molecule has 0 aliphatic carbocycles. The molecule has 0 atom stereocenters. The topological polar surface area (TPSA) is 55.1 Å². The third kappa shape index (κ3) is 4.05. The Kier molecular flexibility index (Phi) is 4.13. The highest BCUT2D eigenvalue weighted by molar-refractivity contribution is 5.73. The summed E-state index contributed by atoms with van der Waals surface area (Å²) in [6, 6.07) is 8.30. The zero-order valence-electron chi connectivity index (χ0n) is 8.42. The molecule has 0 aliphatic rings. The lowest BCUT2D eigenvalue weighted by Gasteiger charge is -2.03. The van der Waals surface area contributed by atoms with Crippen molar-refractivity contribution in [2.45, 2.75) is 19.9 Å². The van der Waals surface area contributed by atoms with E-state index in [0.717, 1.165) is 6.54 Å². The zero-order chi connectivity index (χ0) is 10.4. The third-order valence-electron chi connectivity index (χ3n) is 2.00. The van der Waals surface area contributed by atoms with Gasteiger partial charge in [0.25, 0.3) is 0 Å². The molecule has 0 aliphatic heterocycles. The van der Waals surface area contributed by atoms with E-state index in [0.29, 0.717) is 13.0 Å². The second kappa shape index (κ2) is 5.40. The first-order chi connectivity index (χ1) is 6.68. The van der Waals surface area contributed by atoms with E-state index >= 15 is 0 Å². The van der Waals surface area contributed by atoms with Crippen LogP contribution in [0.1, 0.15) is 17.5 Å². The van der Waals surface area contributed by atoms with E-state index in [2.05, 4.69) is 36.5 Å². The van der Waals surface area contributed by atoms with Gasteiger partial charge < -0.3 is 11.1 Å². The summed E-state index contributed by atoms with van der Waals surface area (Å²) >= 11 is 0. The van der Waals surface area contributed by atoms with Gasteiger partial charge in [-0.25, -0.2) is 0 Å². The molecule has 1 aromatic rings. The van der Waals surface area contributed by atoms with Gasteiger partial charge in [-0.05, 0) is 12.5 Å². The molecule has 14 heavy (non-hydrogen) atoms. The predicted octanol–water partition coefficient (Wildman–Crippen LogP) is 0.960. The molecule has 0 saturated carbocycles. The van der Waals surface area contributed by atoms with Crippen molar-refractivity contribution < 1.29 is 4.79 Å². The van der Waals surface area contributed by atoms with Crippen LogP contribution in [0, 0.1) is 6.92 Å². The first-order valence-electron chi connectivity index (χ1n) is 4.73. The monoisotopic (exact) mass is 192 g/mol. The van der Waals surface area contributed by atoms with Crippen molar-refractivity contribution in [3.8, 4) is 0 Å². The smallest absolute Gasteiger partial charge is 0.218 e. The standard InChI is InChI=1S/C11H16N2O/c1-9-2-4-10(5-3-9)8-13-7-6-11(12)14/h2-5,13H,6-8H2,1H3,(H2,12,14). The molecular weight excluding hydrogens is 176 g/mol. The number of primary amides is 1. The maximum absolute atomic E-state index is 10.4. The first kappa shape index (κ1) is 10.7. The molecule has 0 fully saturated rings. The number of carbonyl (C=O) groups excluding carboxylic acids is 1. The number of hydrogen-bond acceptors (Lipinski definition) is 2. The third-order valence-corrected chi connectivity index (χ3v) is 2.00. The lowest BCUT2D eigenvalue weighted by molar-refractivity contribution is -0.117. The van der Waals surface area contributed by atoms with Gasteiger partial charge in [-0.2, -0.15) is 0 Å². The van der Waals surface area contributed by atoms with Gasteiger partial charge in [-0.3, -0.25) is 4.79 Å². The number of amides is 1. The summed E-state index contributed by atoms with van der Waals surface area (Å²) in [5.74, 6) is -0.263. The molecule has 0 heterocycles. The van der Waals surface area contributed by atoms with Gasteiger partial charge in [-0.1, -0.05) is 29.8 Å². The molecule has 3 N–H and O–H groups in total. The number of nitrogens with two attached hydrogens (primary N) is 1. The van der Waals surface area contributed by atoms with Gasteiger partial charge in [0.1, 0.15) is 0 Å². The minimum absolute atomic E-state index is 0.263. The largest absolute Gasteiger partial charge is 0.370 e. The zero-order valence-corrected chi connectivity index (χ0v) is 8.42. The molecular formula is C11H16N2O. The maximum atomic E-state index is 10.4. The number of hydrogen-bond donors (Lipinski definition) is 2. The lowest BCUT2D eigenvalue weighted by atomic mass is 10.1. The molecule has 0 saturated heterocycles. The molecule has 0 bridgehead atoms. The Morgan fingerprint density at radius 3 is 2.57 bits per heavy atom. The Bertz CT molecular complexity index is 293. The molecule has 0 aromatic heterocycles. The minimum Gasteiger partial charge on any atom is -0.370 e. The molecule has 1 aromatic carbocycles. The number of carbonyl (C=O) groups is 1. The Morgan fingerprint density at radius 2 is 2.00 bits per heavy atom. The van der Waals surface area contributed by atoms with Crippen molar-refractivity contribution in [1.29, 1.82) is 0 Å². The van der Waals surface area contributed by atoms with Crippen LogP contribution >= 0.6 is 0 Å². The first-order valence-corrected chi connectivity index (χ1v) is 4.73. The normalized spacial score (nSPS) is 10.1. The van der Waals surface area contributed by atoms with Gasteiger partial charge in [0, 0.05) is 19.5 Å². The molecule has 3 nitrogen and oxygen atoms in total. The van der Waals surface area contributed by atoms with Gasteiger partial charge in [0.05, 0.1) is 0 Å². The van der Waals surface area contributed by atoms with Gasteiger partial charge >= 0.3 is 0 Å². The fourth-order valence-electron chi connectivity index (χ4n) is 1.15. The van der Waals surface area contributed by atoms with Gasteiger partial charge in [-0.15, -0.1) is 0 Å². The Labute approximate surface area is 84.3 Å². The van der Waals surface area contributed by atoms with Crippen molar-refractivity contribution in [2.24, 2.45) is 5.73 Å². The minimum atomic E-state index is -0.263. The van der Waals surface area contributed by atoms with Crippen LogP contribution in [0.4, 0.5) is 0 Å². The summed E-state index contributed by atoms with van der Waals surface area (Å²) in [7, 11) is 0. The second-order valence-electron chi connectivity index (χ2n) is 3.38. The Morgan fingerprint density at radius 1 is 1.36 bits per heavy atom. The summed E-state index contributed by atoms with van der Waals surface area (Å²) in [5.41, 5.74) is 7.49. The quantitative estimate of drug-likeness (QED) is 0.683. The predicted molar refractivity (Wildman–Crippen MR) is 56.7 cm³/mol. The van der Waals surface area contributed by atoms with Crippen LogP contribution < -0.4 is 11.1 Å². The highest BCUT2D eigenvalue weighted by Gasteiger charge is 1.94. The van der Waals surface area contributed by atoms with Crippen LogP contribution in [0.3, 0.4) is 0 Å². The van der Waals surface area contributed by atoms with Crippen LogP contribution in [0.15, 0.2) is 24.3 Å². The highest BCUT2D eigenvalue weighted by Crippen LogP contribution is 2.02. The van der Waals surface area contributed by atoms with E-state index in [1.54, 1.807) is 0 Å². The molecule has 1 rings (SSSR count). The molecule has 0 radical (unpaired) electrons. The van der Waals surface area contributed by atoms with Crippen LogP contribution in [0.2, 0.25) is 0 Å². The van der Waals surface area contributed by atoms with E-state index in [1.165, 1.54) is 11.1 Å². The van der Waals surface area contributed by atoms with Crippen molar-refractivity contribution in [2.75, 3.05) is 6.54 Å². The van der Waals surface area contributed by atoms with Crippen molar-refractivity contribution in [3.05, 3.63) is 35.4 Å². The summed E-state index contributed by atoms with van der Waals surface area (Å²) in [6.07, 6.45) is 0.395. The summed E-state index contributed by atoms with van der Waals surface area (Å²) in [5, 5.41) is 3.15. The summed E-state index contributed by atoms with van der Waals surface area (Å²) in [6.45, 7) is 3.49. The van der Waals surface area contributed by atoms with E-state index in [4.69, 9.17) is 5.73 Å². The SMILES string of the molecule is Cc1ccc(CNCCC(N)=O)cc1. The summed E-state index contributed by atoms with van der Waals surface area (Å²) < 4.78 is 0. The van der Waals surface area contributed by atoms with E-state index in [1.807, 2.05) is 0 Å². The van der Waals surface area contributed by atoms with Crippen LogP contribution in [0.25, 0.3) is 0 Å². The summed E-state index contributed by atoms with van der Waals surface area (Å²) in [4.78, 5) is 10.4. The number of aryl methyl sites for hydroxylation is 1. The fraction of sp³-hybridized carbons (Fsp3) is 0.364. The highest BCUT2D eigenvalue weighted by atomic mass is 16.1. The Balaban J connectivity index is 2.25. The number of nitrogens with one attached hydrogen (secondary N) is 1. The molecule has 76 valence electrons. The van der Waals surface area contributed by atoms with Crippen LogP contribution in [-0.4, -0.2) is 12.5 Å². The van der Waals surface area contributed by atoms with E-state index in [-0.39, 0.29) is 5.91 Å². The van der Waals surface area contributed by atoms with Gasteiger partial charge in [0.2, 0.25) is 5.91 Å². The molecule has 0 unspecified atom stereocenters. The number of benzene rings is 1. The van der Waals surface area contributed by atoms with Crippen molar-refractivity contribution in [1.82, 2.24) is 5.32 Å². The van der Waals surface area contributed by atoms with Crippen LogP contribution in [-0.2, 0) is 11.3 Å². The van der Waals surface area contributed by atoms with Crippen LogP contribution in [0.5, 0.6) is 0 Å². The van der Waals surface area contributed by atoms with Crippen molar-refractivity contribution in [3.63, 3.8) is 0 Å². The fourth-order valence-corrected chi connectivity index (χ4v) is 1.15. The second-order valence-corrected chi connectivity index (χ2v) is 3.38. The van der Waals surface area contributed by atoms with E-state index < -0.39 is 0 Å². The lowest BCUT2D eigenvalue weighted by Crippen LogP contribution is -2.21. The average Bonchev–Trinajstić information content (AvgIpc) is 2.15. The number of rotatable bonds is 5. The molecule has 0 spiro atoms. The average molecular weight is 192 g/mol. The van der Waals surface area contributed by atoms with E-state index in [9.17, 15) is 4.79 Å². The van der Waals surface area contributed by atoms with Gasteiger partial charge in [0.15, 0.2) is 0 Å².